The third-order valence-electron chi connectivity index (χ3n) is 3.51. The average molecular weight is 296 g/mol. The van der Waals surface area contributed by atoms with Crippen LogP contribution in [0.3, 0.4) is 0 Å². The lowest BCUT2D eigenvalue weighted by Crippen LogP contribution is -2.20. The molecule has 0 aliphatic rings. The second kappa shape index (κ2) is 6.37. The van der Waals surface area contributed by atoms with Crippen molar-refractivity contribution in [2.45, 2.75) is 19.8 Å². The molecule has 0 aliphatic carbocycles. The minimum Gasteiger partial charge on any atom is -0.330 e. The highest BCUT2D eigenvalue weighted by Gasteiger charge is 2.16. The summed E-state index contributed by atoms with van der Waals surface area (Å²) >= 11 is 6.27. The van der Waals surface area contributed by atoms with Gasteiger partial charge in [0, 0.05) is 7.05 Å². The number of nitrogens with two attached hydrogens (primary N) is 1. The van der Waals surface area contributed by atoms with Gasteiger partial charge in [-0.2, -0.15) is 5.10 Å². The molecule has 1 atom stereocenters. The number of nitrogens with zero attached hydrogens (tertiary/aromatic N) is 2. The van der Waals surface area contributed by atoms with Crippen molar-refractivity contribution in [3.8, 4) is 0 Å². The Morgan fingerprint density at radius 1 is 1.30 bits per heavy atom. The maximum absolute atomic E-state index is 12.9. The summed E-state index contributed by atoms with van der Waals surface area (Å²) in [5.74, 6) is 0.0381. The van der Waals surface area contributed by atoms with Crippen LogP contribution in [0.1, 0.15) is 17.0 Å². The highest BCUT2D eigenvalue weighted by atomic mass is 35.5. The van der Waals surface area contributed by atoms with Crippen LogP contribution in [-0.4, -0.2) is 16.3 Å². The molecule has 0 saturated heterocycles. The first-order valence-corrected chi connectivity index (χ1v) is 7.01. The summed E-state index contributed by atoms with van der Waals surface area (Å²) in [4.78, 5) is 0. The van der Waals surface area contributed by atoms with Gasteiger partial charge in [0.1, 0.15) is 5.82 Å². The molecule has 1 aromatic heterocycles. The molecule has 2 aromatic rings. The Hall–Kier alpha value is -1.39. The molecular weight excluding hydrogens is 277 g/mol. The molecule has 3 nitrogen and oxygen atoms in total. The lowest BCUT2D eigenvalue weighted by molar-refractivity contribution is 0.510. The summed E-state index contributed by atoms with van der Waals surface area (Å²) in [6.07, 6.45) is 1.57. The molecule has 0 bridgehead atoms. The van der Waals surface area contributed by atoms with E-state index in [2.05, 4.69) is 5.10 Å². The van der Waals surface area contributed by atoms with Crippen molar-refractivity contribution in [2.75, 3.05) is 6.54 Å². The number of aryl methyl sites for hydroxylation is 2. The maximum Gasteiger partial charge on any atom is 0.123 e. The van der Waals surface area contributed by atoms with Crippen molar-refractivity contribution < 1.29 is 4.39 Å². The van der Waals surface area contributed by atoms with Gasteiger partial charge in [0.05, 0.1) is 16.4 Å². The zero-order valence-electron chi connectivity index (χ0n) is 11.7. The van der Waals surface area contributed by atoms with Crippen LogP contribution in [0.4, 0.5) is 4.39 Å². The van der Waals surface area contributed by atoms with Crippen molar-refractivity contribution in [2.24, 2.45) is 18.7 Å². The van der Waals surface area contributed by atoms with Gasteiger partial charge in [-0.15, -0.1) is 0 Å². The van der Waals surface area contributed by atoms with Crippen molar-refractivity contribution in [1.82, 2.24) is 9.78 Å². The summed E-state index contributed by atoms with van der Waals surface area (Å²) in [5.41, 5.74) is 8.78. The van der Waals surface area contributed by atoms with Crippen LogP contribution in [0.2, 0.25) is 5.02 Å². The van der Waals surface area contributed by atoms with Gasteiger partial charge in [0.25, 0.3) is 0 Å². The number of hydrogen-bond donors (Lipinski definition) is 1. The number of halogens is 2. The Labute approximate surface area is 123 Å². The molecule has 2 N–H and O–H groups in total. The number of hydrogen-bond acceptors (Lipinski definition) is 2. The summed E-state index contributed by atoms with van der Waals surface area (Å²) < 4.78 is 14.7. The standard InChI is InChI=1S/C15H19ClFN3/c1-10-15(16)14(20(2)19-10)8-12(9-18)7-11-3-5-13(17)6-4-11/h3-6,12H,7-9,18H2,1-2H3. The second-order valence-electron chi connectivity index (χ2n) is 5.11. The van der Waals surface area contributed by atoms with Crippen LogP contribution in [0.25, 0.3) is 0 Å². The monoisotopic (exact) mass is 295 g/mol. The van der Waals surface area contributed by atoms with E-state index in [1.807, 2.05) is 18.7 Å². The lowest BCUT2D eigenvalue weighted by Gasteiger charge is -2.15. The van der Waals surface area contributed by atoms with E-state index in [0.717, 1.165) is 29.8 Å². The smallest absolute Gasteiger partial charge is 0.123 e. The van der Waals surface area contributed by atoms with E-state index in [1.165, 1.54) is 12.1 Å². The fourth-order valence-corrected chi connectivity index (χ4v) is 2.61. The van der Waals surface area contributed by atoms with Crippen molar-refractivity contribution in [3.05, 3.63) is 52.1 Å². The Kier molecular flexibility index (Phi) is 4.78. The lowest BCUT2D eigenvalue weighted by atomic mass is 9.94. The molecule has 0 fully saturated rings. The van der Waals surface area contributed by atoms with Gasteiger partial charge in [0.15, 0.2) is 0 Å². The first-order valence-electron chi connectivity index (χ1n) is 6.63. The number of aromatic nitrogens is 2. The summed E-state index contributed by atoms with van der Waals surface area (Å²) in [5, 5.41) is 5.02. The Balaban J connectivity index is 2.11. The van der Waals surface area contributed by atoms with E-state index in [4.69, 9.17) is 17.3 Å². The van der Waals surface area contributed by atoms with E-state index in [9.17, 15) is 4.39 Å². The van der Waals surface area contributed by atoms with Crippen LogP contribution in [0.5, 0.6) is 0 Å². The molecule has 20 heavy (non-hydrogen) atoms. The van der Waals surface area contributed by atoms with Gasteiger partial charge in [-0.1, -0.05) is 23.7 Å². The molecule has 0 amide bonds. The summed E-state index contributed by atoms with van der Waals surface area (Å²) in [6.45, 7) is 2.45. The largest absolute Gasteiger partial charge is 0.330 e. The van der Waals surface area contributed by atoms with E-state index < -0.39 is 0 Å². The number of rotatable bonds is 5. The predicted octanol–water partition coefficient (Wildman–Crippen LogP) is 2.88. The minimum absolute atomic E-state index is 0.219. The maximum atomic E-state index is 12.9. The van der Waals surface area contributed by atoms with Crippen LogP contribution < -0.4 is 5.73 Å². The van der Waals surface area contributed by atoms with Crippen molar-refractivity contribution >= 4 is 11.6 Å². The molecule has 0 saturated carbocycles. The molecular formula is C15H19ClFN3. The SMILES string of the molecule is Cc1nn(C)c(CC(CN)Cc2ccc(F)cc2)c1Cl. The Morgan fingerprint density at radius 3 is 2.45 bits per heavy atom. The van der Waals surface area contributed by atoms with Crippen LogP contribution in [-0.2, 0) is 19.9 Å². The Morgan fingerprint density at radius 2 is 1.95 bits per heavy atom. The zero-order chi connectivity index (χ0) is 14.7. The van der Waals surface area contributed by atoms with Gasteiger partial charge in [-0.3, -0.25) is 4.68 Å². The molecule has 0 aliphatic heterocycles. The first-order chi connectivity index (χ1) is 9.51. The third-order valence-corrected chi connectivity index (χ3v) is 4.01. The molecule has 108 valence electrons. The molecule has 1 aromatic carbocycles. The van der Waals surface area contributed by atoms with Gasteiger partial charge in [0.2, 0.25) is 0 Å². The van der Waals surface area contributed by atoms with Gasteiger partial charge >= 0.3 is 0 Å². The van der Waals surface area contributed by atoms with E-state index in [1.54, 1.807) is 12.1 Å². The normalized spacial score (nSPS) is 12.7. The quantitative estimate of drug-likeness (QED) is 0.922. The van der Waals surface area contributed by atoms with E-state index in [-0.39, 0.29) is 11.7 Å². The topological polar surface area (TPSA) is 43.8 Å². The minimum atomic E-state index is -0.219. The Bertz CT molecular complexity index is 578. The van der Waals surface area contributed by atoms with Gasteiger partial charge in [-0.05, 0) is 49.9 Å². The van der Waals surface area contributed by atoms with Gasteiger partial charge < -0.3 is 5.73 Å². The van der Waals surface area contributed by atoms with E-state index >= 15 is 0 Å². The summed E-state index contributed by atoms with van der Waals surface area (Å²) in [6, 6.07) is 6.55. The molecule has 0 spiro atoms. The molecule has 1 unspecified atom stereocenters. The van der Waals surface area contributed by atoms with Gasteiger partial charge in [-0.25, -0.2) is 4.39 Å². The second-order valence-corrected chi connectivity index (χ2v) is 5.48. The zero-order valence-corrected chi connectivity index (χ0v) is 12.5. The molecule has 2 rings (SSSR count). The van der Waals surface area contributed by atoms with Crippen LogP contribution in [0, 0.1) is 18.7 Å². The van der Waals surface area contributed by atoms with Crippen LogP contribution >= 0.6 is 11.6 Å². The predicted molar refractivity (Wildman–Crippen MR) is 79.3 cm³/mol. The third kappa shape index (κ3) is 3.38. The average Bonchev–Trinajstić information content (AvgIpc) is 2.66. The highest BCUT2D eigenvalue weighted by Crippen LogP contribution is 2.23. The summed E-state index contributed by atoms with van der Waals surface area (Å²) in [7, 11) is 1.89. The molecule has 0 radical (unpaired) electrons. The van der Waals surface area contributed by atoms with Crippen molar-refractivity contribution in [1.29, 1.82) is 0 Å². The van der Waals surface area contributed by atoms with E-state index in [0.29, 0.717) is 11.6 Å². The van der Waals surface area contributed by atoms with Crippen LogP contribution in [0.15, 0.2) is 24.3 Å². The number of benzene rings is 1. The highest BCUT2D eigenvalue weighted by molar-refractivity contribution is 6.31. The fraction of sp³-hybridized carbons (Fsp3) is 0.400. The van der Waals surface area contributed by atoms with Crippen molar-refractivity contribution in [3.63, 3.8) is 0 Å². The fourth-order valence-electron chi connectivity index (χ4n) is 2.37. The molecule has 1 heterocycles. The first kappa shape index (κ1) is 15.0. The molecule has 5 heteroatoms.